The molecule has 0 fully saturated rings. The Morgan fingerprint density at radius 3 is 2.81 bits per heavy atom. The monoisotopic (exact) mass is 239 g/mol. The molecule has 0 saturated carbocycles. The zero-order valence-corrected chi connectivity index (χ0v) is 10.0. The van der Waals surface area contributed by atoms with Crippen LogP contribution in [-0.4, -0.2) is 12.6 Å². The van der Waals surface area contributed by atoms with Crippen LogP contribution in [0.25, 0.3) is 6.08 Å². The molecular formula is C12H14ClNO2. The molecule has 0 bridgehead atoms. The highest BCUT2D eigenvalue weighted by molar-refractivity contribution is 6.32. The number of hydrogen-bond donors (Lipinski definition) is 1. The fraction of sp³-hybridized carbons (Fsp3) is 0.250. The Kier molecular flexibility index (Phi) is 4.38. The van der Waals surface area contributed by atoms with Crippen molar-refractivity contribution >= 4 is 23.6 Å². The Hall–Kier alpha value is -1.48. The first kappa shape index (κ1) is 12.6. The van der Waals surface area contributed by atoms with Gasteiger partial charge in [-0.2, -0.15) is 0 Å². The van der Waals surface area contributed by atoms with Gasteiger partial charge in [-0.1, -0.05) is 23.7 Å². The van der Waals surface area contributed by atoms with Gasteiger partial charge >= 0.3 is 5.97 Å². The van der Waals surface area contributed by atoms with Crippen LogP contribution in [0.3, 0.4) is 0 Å². The first-order chi connectivity index (χ1) is 7.54. The second-order valence-electron chi connectivity index (χ2n) is 3.35. The molecule has 1 aromatic carbocycles. The van der Waals surface area contributed by atoms with Gasteiger partial charge in [0.15, 0.2) is 0 Å². The van der Waals surface area contributed by atoms with Crippen molar-refractivity contribution in [3.8, 4) is 0 Å². The van der Waals surface area contributed by atoms with Gasteiger partial charge in [0.1, 0.15) is 5.70 Å². The maximum Gasteiger partial charge on any atom is 0.354 e. The zero-order valence-electron chi connectivity index (χ0n) is 9.29. The minimum absolute atomic E-state index is 0.0487. The Labute approximate surface area is 99.8 Å². The van der Waals surface area contributed by atoms with Crippen LogP contribution in [-0.2, 0) is 9.53 Å². The van der Waals surface area contributed by atoms with Crippen molar-refractivity contribution < 1.29 is 9.53 Å². The fourth-order valence-electron chi connectivity index (χ4n) is 1.19. The molecule has 0 saturated heterocycles. The molecule has 4 heteroatoms. The normalized spacial score (nSPS) is 11.3. The SMILES string of the molecule is CCOC(=O)/C(N)=C/c1ccc(C)cc1Cl. The number of halogens is 1. The first-order valence-electron chi connectivity index (χ1n) is 4.95. The van der Waals surface area contributed by atoms with E-state index in [1.54, 1.807) is 6.92 Å². The number of nitrogens with two attached hydrogens (primary N) is 1. The van der Waals surface area contributed by atoms with Gasteiger partial charge in [0.25, 0.3) is 0 Å². The maximum atomic E-state index is 11.3. The van der Waals surface area contributed by atoms with E-state index in [9.17, 15) is 4.79 Å². The number of ether oxygens (including phenoxy) is 1. The number of carbonyl (C=O) groups excluding carboxylic acids is 1. The fourth-order valence-corrected chi connectivity index (χ4v) is 1.48. The van der Waals surface area contributed by atoms with E-state index < -0.39 is 5.97 Å². The highest BCUT2D eigenvalue weighted by Gasteiger charge is 2.06. The molecule has 0 heterocycles. The van der Waals surface area contributed by atoms with Gasteiger partial charge in [-0.05, 0) is 37.1 Å². The minimum atomic E-state index is -0.529. The number of carbonyl (C=O) groups is 1. The molecule has 0 amide bonds. The average molecular weight is 240 g/mol. The van der Waals surface area contributed by atoms with E-state index >= 15 is 0 Å². The van der Waals surface area contributed by atoms with Crippen LogP contribution in [0.2, 0.25) is 5.02 Å². The van der Waals surface area contributed by atoms with E-state index in [0.29, 0.717) is 17.2 Å². The quantitative estimate of drug-likeness (QED) is 0.651. The van der Waals surface area contributed by atoms with Crippen molar-refractivity contribution in [2.24, 2.45) is 5.73 Å². The van der Waals surface area contributed by atoms with E-state index in [1.807, 2.05) is 25.1 Å². The summed E-state index contributed by atoms with van der Waals surface area (Å²) >= 11 is 6.00. The van der Waals surface area contributed by atoms with Crippen LogP contribution in [0.4, 0.5) is 0 Å². The highest BCUT2D eigenvalue weighted by atomic mass is 35.5. The van der Waals surface area contributed by atoms with Gasteiger partial charge in [0, 0.05) is 5.02 Å². The Morgan fingerprint density at radius 1 is 1.56 bits per heavy atom. The lowest BCUT2D eigenvalue weighted by atomic mass is 10.1. The number of rotatable bonds is 3. The van der Waals surface area contributed by atoms with E-state index in [1.165, 1.54) is 6.08 Å². The number of esters is 1. The maximum absolute atomic E-state index is 11.3. The molecular weight excluding hydrogens is 226 g/mol. The number of aryl methyl sites for hydroxylation is 1. The topological polar surface area (TPSA) is 52.3 Å². The molecule has 3 nitrogen and oxygen atoms in total. The van der Waals surface area contributed by atoms with Crippen LogP contribution in [0.1, 0.15) is 18.1 Å². The van der Waals surface area contributed by atoms with Crippen molar-refractivity contribution in [2.45, 2.75) is 13.8 Å². The summed E-state index contributed by atoms with van der Waals surface area (Å²) in [5.41, 5.74) is 7.38. The second-order valence-corrected chi connectivity index (χ2v) is 3.75. The summed E-state index contributed by atoms with van der Waals surface area (Å²) in [4.78, 5) is 11.3. The average Bonchev–Trinajstić information content (AvgIpc) is 2.22. The van der Waals surface area contributed by atoms with E-state index in [2.05, 4.69) is 0 Å². The largest absolute Gasteiger partial charge is 0.461 e. The molecule has 0 aliphatic rings. The van der Waals surface area contributed by atoms with Crippen LogP contribution in [0, 0.1) is 6.92 Å². The molecule has 1 aromatic rings. The molecule has 0 aromatic heterocycles. The third-order valence-electron chi connectivity index (χ3n) is 1.98. The smallest absolute Gasteiger partial charge is 0.354 e. The minimum Gasteiger partial charge on any atom is -0.461 e. The van der Waals surface area contributed by atoms with Crippen molar-refractivity contribution in [1.82, 2.24) is 0 Å². The summed E-state index contributed by atoms with van der Waals surface area (Å²) < 4.78 is 4.76. The summed E-state index contributed by atoms with van der Waals surface area (Å²) in [6.07, 6.45) is 1.51. The molecule has 1 rings (SSSR count). The Bertz CT molecular complexity index is 427. The second kappa shape index (κ2) is 5.56. The summed E-state index contributed by atoms with van der Waals surface area (Å²) in [6.45, 7) is 3.97. The van der Waals surface area contributed by atoms with Crippen LogP contribution < -0.4 is 5.73 Å². The molecule has 0 atom stereocenters. The molecule has 0 aliphatic heterocycles. The summed E-state index contributed by atoms with van der Waals surface area (Å²) in [5.74, 6) is -0.529. The van der Waals surface area contributed by atoms with Gasteiger partial charge in [-0.25, -0.2) is 4.79 Å². The lowest BCUT2D eigenvalue weighted by Gasteiger charge is -2.03. The van der Waals surface area contributed by atoms with Crippen LogP contribution in [0.15, 0.2) is 23.9 Å². The first-order valence-corrected chi connectivity index (χ1v) is 5.33. The van der Waals surface area contributed by atoms with Crippen molar-refractivity contribution in [3.63, 3.8) is 0 Å². The summed E-state index contributed by atoms with van der Waals surface area (Å²) in [7, 11) is 0. The molecule has 0 radical (unpaired) electrons. The van der Waals surface area contributed by atoms with E-state index in [4.69, 9.17) is 22.1 Å². The third-order valence-corrected chi connectivity index (χ3v) is 2.31. The van der Waals surface area contributed by atoms with Gasteiger partial charge in [0.2, 0.25) is 0 Å². The number of hydrogen-bond acceptors (Lipinski definition) is 3. The van der Waals surface area contributed by atoms with Crippen LogP contribution >= 0.6 is 11.6 Å². The molecule has 0 aliphatic carbocycles. The predicted molar refractivity (Wildman–Crippen MR) is 65.0 cm³/mol. The van der Waals surface area contributed by atoms with Crippen LogP contribution in [0.5, 0.6) is 0 Å². The lowest BCUT2D eigenvalue weighted by Crippen LogP contribution is -2.14. The number of benzene rings is 1. The van der Waals surface area contributed by atoms with Gasteiger partial charge in [-0.3, -0.25) is 0 Å². The molecule has 16 heavy (non-hydrogen) atoms. The predicted octanol–water partition coefficient (Wildman–Crippen LogP) is 2.51. The van der Waals surface area contributed by atoms with Crippen molar-refractivity contribution in [1.29, 1.82) is 0 Å². The molecule has 2 N–H and O–H groups in total. The highest BCUT2D eigenvalue weighted by Crippen LogP contribution is 2.19. The summed E-state index contributed by atoms with van der Waals surface area (Å²) in [5, 5.41) is 0.562. The Balaban J connectivity index is 2.94. The summed E-state index contributed by atoms with van der Waals surface area (Å²) in [6, 6.07) is 5.52. The van der Waals surface area contributed by atoms with Gasteiger partial charge in [-0.15, -0.1) is 0 Å². The third kappa shape index (κ3) is 3.28. The lowest BCUT2D eigenvalue weighted by molar-refractivity contribution is -0.138. The molecule has 86 valence electrons. The molecule has 0 spiro atoms. The molecule has 0 unspecified atom stereocenters. The van der Waals surface area contributed by atoms with E-state index in [0.717, 1.165) is 5.56 Å². The van der Waals surface area contributed by atoms with Gasteiger partial charge in [0.05, 0.1) is 6.61 Å². The standard InChI is InChI=1S/C12H14ClNO2/c1-3-16-12(15)11(14)7-9-5-4-8(2)6-10(9)13/h4-7H,3,14H2,1-2H3/b11-7-. The van der Waals surface area contributed by atoms with Crippen molar-refractivity contribution in [3.05, 3.63) is 40.0 Å². The zero-order chi connectivity index (χ0) is 12.1. The van der Waals surface area contributed by atoms with Crippen molar-refractivity contribution in [2.75, 3.05) is 6.61 Å². The van der Waals surface area contributed by atoms with Gasteiger partial charge < -0.3 is 10.5 Å². The van der Waals surface area contributed by atoms with E-state index in [-0.39, 0.29) is 5.70 Å². The Morgan fingerprint density at radius 2 is 2.25 bits per heavy atom.